The highest BCUT2D eigenvalue weighted by Gasteiger charge is 2.20. The molecule has 0 aliphatic carbocycles. The maximum Gasteiger partial charge on any atom is 0.159 e. The Kier molecular flexibility index (Phi) is 11.2. The highest BCUT2D eigenvalue weighted by atomic mass is 32.2. The minimum Gasteiger partial charge on any atom is -0.344 e. The van der Waals surface area contributed by atoms with Crippen molar-refractivity contribution in [3.05, 3.63) is 11.8 Å². The van der Waals surface area contributed by atoms with Crippen LogP contribution in [0.15, 0.2) is 11.8 Å². The number of hydrogen-bond acceptors (Lipinski definition) is 4. The zero-order valence-electron chi connectivity index (χ0n) is 14.3. The fraction of sp³-hybridized carbons (Fsp3) is 0.824. The van der Waals surface area contributed by atoms with Crippen molar-refractivity contribution in [2.75, 3.05) is 17.3 Å². The summed E-state index contributed by atoms with van der Waals surface area (Å²) >= 11 is 6.88. The Labute approximate surface area is 152 Å². The van der Waals surface area contributed by atoms with Crippen LogP contribution in [-0.2, 0) is 9.84 Å². The van der Waals surface area contributed by atoms with Gasteiger partial charge < -0.3 is 5.32 Å². The normalized spacial score (nSPS) is 16.3. The van der Waals surface area contributed by atoms with Crippen molar-refractivity contribution in [1.29, 1.82) is 0 Å². The molecule has 6 heteroatoms. The number of hydrogen-bond donors (Lipinski definition) is 1. The average molecular weight is 378 g/mol. The predicted molar refractivity (Wildman–Crippen MR) is 107 cm³/mol. The van der Waals surface area contributed by atoms with E-state index >= 15 is 0 Å². The van der Waals surface area contributed by atoms with Crippen molar-refractivity contribution in [3.63, 3.8) is 0 Å². The zero-order chi connectivity index (χ0) is 17.0. The molecule has 0 fully saturated rings. The molecule has 1 rings (SSSR count). The van der Waals surface area contributed by atoms with E-state index in [9.17, 15) is 8.42 Å². The Morgan fingerprint density at radius 3 is 2.17 bits per heavy atom. The molecular formula is C17H31NO2S3. The highest BCUT2D eigenvalue weighted by molar-refractivity contribution is 8.22. The lowest BCUT2D eigenvalue weighted by atomic mass is 10.1. The Balaban J connectivity index is 1.88. The van der Waals surface area contributed by atoms with E-state index in [-0.39, 0.29) is 11.5 Å². The van der Waals surface area contributed by atoms with Crippen LogP contribution in [0, 0.1) is 0 Å². The van der Waals surface area contributed by atoms with Crippen LogP contribution in [0.2, 0.25) is 0 Å². The summed E-state index contributed by atoms with van der Waals surface area (Å²) in [6.07, 6.45) is 15.1. The number of unbranched alkanes of at least 4 members (excludes halogenated alkanes) is 9. The van der Waals surface area contributed by atoms with Crippen LogP contribution < -0.4 is 5.32 Å². The summed E-state index contributed by atoms with van der Waals surface area (Å²) in [5.74, 6) is 1.26. The van der Waals surface area contributed by atoms with Crippen LogP contribution in [0.1, 0.15) is 71.1 Å². The van der Waals surface area contributed by atoms with E-state index in [0.29, 0.717) is 4.32 Å². The number of nitrogens with one attached hydrogen (secondary N) is 1. The number of thiocarbonyl (C=S) groups is 1. The number of thioether (sulfide) groups is 1. The van der Waals surface area contributed by atoms with E-state index < -0.39 is 9.84 Å². The van der Waals surface area contributed by atoms with Crippen molar-refractivity contribution >= 4 is 38.1 Å². The smallest absolute Gasteiger partial charge is 0.159 e. The molecule has 1 N–H and O–H groups in total. The summed E-state index contributed by atoms with van der Waals surface area (Å²) < 4.78 is 23.4. The van der Waals surface area contributed by atoms with Gasteiger partial charge in [-0.1, -0.05) is 88.7 Å². The average Bonchev–Trinajstić information content (AvgIpc) is 2.83. The van der Waals surface area contributed by atoms with Gasteiger partial charge >= 0.3 is 0 Å². The second-order valence-electron chi connectivity index (χ2n) is 6.23. The summed E-state index contributed by atoms with van der Waals surface area (Å²) in [5, 5.41) is 3.05. The topological polar surface area (TPSA) is 46.2 Å². The summed E-state index contributed by atoms with van der Waals surface area (Å²) in [4.78, 5) is 0. The SMILES string of the molecule is CCCCCCCCCCCCSC(=S)NC1=CCS(=O)(=O)C1. The van der Waals surface area contributed by atoms with Crippen LogP contribution in [0.4, 0.5) is 0 Å². The molecule has 0 saturated heterocycles. The first kappa shape index (κ1) is 21.0. The predicted octanol–water partition coefficient (Wildman–Crippen LogP) is 4.83. The molecule has 0 amide bonds. The molecule has 0 aromatic rings. The molecule has 0 unspecified atom stereocenters. The fourth-order valence-corrected chi connectivity index (χ4v) is 4.95. The Morgan fingerprint density at radius 1 is 1.09 bits per heavy atom. The Bertz CT molecular complexity index is 472. The van der Waals surface area contributed by atoms with Crippen LogP contribution in [0.5, 0.6) is 0 Å². The van der Waals surface area contributed by atoms with Gasteiger partial charge in [0.05, 0.1) is 11.5 Å². The Morgan fingerprint density at radius 2 is 1.65 bits per heavy atom. The molecule has 3 nitrogen and oxygen atoms in total. The van der Waals surface area contributed by atoms with E-state index in [1.54, 1.807) is 17.8 Å². The van der Waals surface area contributed by atoms with Crippen LogP contribution >= 0.6 is 24.0 Å². The van der Waals surface area contributed by atoms with Gasteiger partial charge in [0.2, 0.25) is 0 Å². The first-order valence-electron chi connectivity index (χ1n) is 8.87. The molecule has 1 heterocycles. The van der Waals surface area contributed by atoms with E-state index in [1.165, 1.54) is 64.2 Å². The number of rotatable bonds is 12. The van der Waals surface area contributed by atoms with Gasteiger partial charge in [0.15, 0.2) is 9.84 Å². The van der Waals surface area contributed by atoms with Gasteiger partial charge in [0.25, 0.3) is 0 Å². The van der Waals surface area contributed by atoms with Gasteiger partial charge in [0.1, 0.15) is 4.32 Å². The van der Waals surface area contributed by atoms with E-state index in [2.05, 4.69) is 12.2 Å². The molecule has 0 spiro atoms. The van der Waals surface area contributed by atoms with Crippen molar-refractivity contribution in [2.24, 2.45) is 0 Å². The molecule has 134 valence electrons. The Hall–Kier alpha value is -0.0700. The fourth-order valence-electron chi connectivity index (χ4n) is 2.59. The lowest BCUT2D eigenvalue weighted by Crippen LogP contribution is -2.20. The molecule has 0 radical (unpaired) electrons. The second kappa shape index (κ2) is 12.3. The quantitative estimate of drug-likeness (QED) is 0.390. The highest BCUT2D eigenvalue weighted by Crippen LogP contribution is 2.14. The van der Waals surface area contributed by atoms with E-state index in [1.807, 2.05) is 0 Å². The molecule has 0 aromatic carbocycles. The second-order valence-corrected chi connectivity index (χ2v) is 10.1. The molecule has 0 bridgehead atoms. The van der Waals surface area contributed by atoms with Gasteiger partial charge in [0, 0.05) is 11.4 Å². The minimum atomic E-state index is -2.91. The first-order valence-corrected chi connectivity index (χ1v) is 12.1. The number of sulfone groups is 1. The van der Waals surface area contributed by atoms with Gasteiger partial charge in [-0.3, -0.25) is 0 Å². The van der Waals surface area contributed by atoms with Gasteiger partial charge in [-0.05, 0) is 12.5 Å². The third-order valence-electron chi connectivity index (χ3n) is 3.95. The molecule has 1 aliphatic rings. The molecule has 0 saturated carbocycles. The van der Waals surface area contributed by atoms with Crippen molar-refractivity contribution in [1.82, 2.24) is 5.32 Å². The van der Waals surface area contributed by atoms with Gasteiger partial charge in [-0.15, -0.1) is 0 Å². The molecule has 0 aromatic heterocycles. The third kappa shape index (κ3) is 11.2. The van der Waals surface area contributed by atoms with E-state index in [0.717, 1.165) is 11.4 Å². The van der Waals surface area contributed by atoms with Gasteiger partial charge in [-0.2, -0.15) is 0 Å². The first-order chi connectivity index (χ1) is 11.0. The molecule has 23 heavy (non-hydrogen) atoms. The summed E-state index contributed by atoms with van der Waals surface area (Å²) in [6, 6.07) is 0. The van der Waals surface area contributed by atoms with E-state index in [4.69, 9.17) is 12.2 Å². The van der Waals surface area contributed by atoms with Crippen molar-refractivity contribution in [3.8, 4) is 0 Å². The lowest BCUT2D eigenvalue weighted by Gasteiger charge is -2.07. The van der Waals surface area contributed by atoms with Gasteiger partial charge in [-0.25, -0.2) is 8.42 Å². The maximum absolute atomic E-state index is 11.3. The zero-order valence-corrected chi connectivity index (χ0v) is 16.8. The standard InChI is InChI=1S/C17H31NO2S3/c1-2-3-4-5-6-7-8-9-10-11-13-22-17(21)18-16-12-14-23(19,20)15-16/h12H,2-11,13-15H2,1H3,(H,18,21). The maximum atomic E-state index is 11.3. The molecule has 0 atom stereocenters. The minimum absolute atomic E-state index is 0.103. The van der Waals surface area contributed by atoms with Crippen molar-refractivity contribution in [2.45, 2.75) is 71.1 Å². The summed E-state index contributed by atoms with van der Waals surface area (Å²) in [7, 11) is -2.91. The summed E-state index contributed by atoms with van der Waals surface area (Å²) in [6.45, 7) is 2.26. The largest absolute Gasteiger partial charge is 0.344 e. The van der Waals surface area contributed by atoms with Crippen LogP contribution in [0.3, 0.4) is 0 Å². The van der Waals surface area contributed by atoms with Crippen LogP contribution in [0.25, 0.3) is 0 Å². The third-order valence-corrected chi connectivity index (χ3v) is 6.69. The monoisotopic (exact) mass is 377 g/mol. The molecule has 1 aliphatic heterocycles. The lowest BCUT2D eigenvalue weighted by molar-refractivity contribution is 0.563. The van der Waals surface area contributed by atoms with Crippen molar-refractivity contribution < 1.29 is 8.42 Å². The summed E-state index contributed by atoms with van der Waals surface area (Å²) in [5.41, 5.74) is 0.741. The van der Waals surface area contributed by atoms with Crippen LogP contribution in [-0.4, -0.2) is 30.0 Å². The molecular weight excluding hydrogens is 346 g/mol.